The fraction of sp³-hybridized carbons (Fsp3) is 0.583. The predicted molar refractivity (Wildman–Crippen MR) is 60.6 cm³/mol. The highest BCUT2D eigenvalue weighted by atomic mass is 16.5. The lowest BCUT2D eigenvalue weighted by Crippen LogP contribution is -2.30. The number of nitrogens with zero attached hydrogens (tertiary/aromatic N) is 1. The van der Waals surface area contributed by atoms with E-state index in [4.69, 9.17) is 14.3 Å². The molecule has 2 unspecified atom stereocenters. The van der Waals surface area contributed by atoms with Crippen molar-refractivity contribution in [3.8, 4) is 0 Å². The van der Waals surface area contributed by atoms with Crippen LogP contribution in [-0.4, -0.2) is 41.8 Å². The minimum atomic E-state index is -0.856. The SMILES string of the molecule is CN(Cc1ccoc1)CC1CCC(C(=O)O)O1. The van der Waals surface area contributed by atoms with Crippen LogP contribution in [-0.2, 0) is 16.1 Å². The van der Waals surface area contributed by atoms with E-state index in [-0.39, 0.29) is 6.10 Å². The van der Waals surface area contributed by atoms with Crippen molar-refractivity contribution in [2.24, 2.45) is 0 Å². The number of carbonyl (C=O) groups is 1. The molecule has 5 nitrogen and oxygen atoms in total. The van der Waals surface area contributed by atoms with Crippen molar-refractivity contribution in [1.82, 2.24) is 4.90 Å². The molecular formula is C12H17NO4. The average Bonchev–Trinajstić information content (AvgIpc) is 2.88. The molecule has 0 radical (unpaired) electrons. The third-order valence-corrected chi connectivity index (χ3v) is 2.93. The van der Waals surface area contributed by atoms with Crippen LogP contribution in [0.25, 0.3) is 0 Å². The minimum Gasteiger partial charge on any atom is -0.479 e. The molecule has 1 aromatic heterocycles. The van der Waals surface area contributed by atoms with E-state index in [2.05, 4.69) is 4.90 Å². The summed E-state index contributed by atoms with van der Waals surface area (Å²) in [6, 6.07) is 1.92. The van der Waals surface area contributed by atoms with E-state index in [0.29, 0.717) is 6.42 Å². The fourth-order valence-corrected chi connectivity index (χ4v) is 2.13. The zero-order valence-corrected chi connectivity index (χ0v) is 9.83. The lowest BCUT2D eigenvalue weighted by atomic mass is 10.2. The molecule has 0 aromatic carbocycles. The van der Waals surface area contributed by atoms with Crippen LogP contribution < -0.4 is 0 Å². The van der Waals surface area contributed by atoms with Gasteiger partial charge in [-0.15, -0.1) is 0 Å². The normalized spacial score (nSPS) is 24.4. The largest absolute Gasteiger partial charge is 0.479 e. The van der Waals surface area contributed by atoms with E-state index in [1.54, 1.807) is 12.5 Å². The van der Waals surface area contributed by atoms with Crippen LogP contribution in [0.4, 0.5) is 0 Å². The van der Waals surface area contributed by atoms with Gasteiger partial charge in [0.05, 0.1) is 18.6 Å². The van der Waals surface area contributed by atoms with Crippen LogP contribution in [0, 0.1) is 0 Å². The molecule has 0 spiro atoms. The second kappa shape index (κ2) is 5.33. The molecule has 1 aliphatic rings. The highest BCUT2D eigenvalue weighted by Gasteiger charge is 2.30. The highest BCUT2D eigenvalue weighted by molar-refractivity contribution is 5.72. The van der Waals surface area contributed by atoms with E-state index in [1.807, 2.05) is 13.1 Å². The summed E-state index contributed by atoms with van der Waals surface area (Å²) in [4.78, 5) is 12.8. The maximum absolute atomic E-state index is 10.7. The summed E-state index contributed by atoms with van der Waals surface area (Å²) in [7, 11) is 1.99. The van der Waals surface area contributed by atoms with Crippen molar-refractivity contribution < 1.29 is 19.1 Å². The Bertz CT molecular complexity index is 363. The molecule has 0 aliphatic carbocycles. The Kier molecular flexibility index (Phi) is 3.81. The standard InChI is InChI=1S/C12H17NO4/c1-13(6-9-4-5-16-8-9)7-10-2-3-11(17-10)12(14)15/h4-5,8,10-11H,2-3,6-7H2,1H3,(H,14,15). The van der Waals surface area contributed by atoms with Gasteiger partial charge in [0.15, 0.2) is 6.10 Å². The number of likely N-dealkylation sites (N-methyl/N-ethyl adjacent to an activating group) is 1. The first-order valence-corrected chi connectivity index (χ1v) is 5.73. The Balaban J connectivity index is 1.76. The van der Waals surface area contributed by atoms with Crippen molar-refractivity contribution in [2.45, 2.75) is 31.6 Å². The molecule has 1 N–H and O–H groups in total. The Morgan fingerprint density at radius 1 is 1.59 bits per heavy atom. The predicted octanol–water partition coefficient (Wildman–Crippen LogP) is 1.34. The van der Waals surface area contributed by atoms with Gasteiger partial charge in [0.1, 0.15) is 0 Å². The molecule has 2 atom stereocenters. The summed E-state index contributed by atoms with van der Waals surface area (Å²) in [6.45, 7) is 1.53. The van der Waals surface area contributed by atoms with Gasteiger partial charge in [-0.3, -0.25) is 4.90 Å². The maximum atomic E-state index is 10.7. The van der Waals surface area contributed by atoms with Crippen LogP contribution in [0.3, 0.4) is 0 Å². The number of carboxylic acid groups (broad SMARTS) is 1. The monoisotopic (exact) mass is 239 g/mol. The Morgan fingerprint density at radius 2 is 2.41 bits per heavy atom. The third-order valence-electron chi connectivity index (χ3n) is 2.93. The van der Waals surface area contributed by atoms with E-state index in [1.165, 1.54) is 0 Å². The number of rotatable bonds is 5. The Labute approximate surface area is 100.0 Å². The molecule has 0 bridgehead atoms. The van der Waals surface area contributed by atoms with Crippen LogP contribution >= 0.6 is 0 Å². The molecule has 1 aliphatic heterocycles. The molecule has 1 fully saturated rings. The molecule has 2 heterocycles. The Hall–Kier alpha value is -1.33. The molecule has 1 saturated heterocycles. The third kappa shape index (κ3) is 3.31. The molecule has 17 heavy (non-hydrogen) atoms. The zero-order valence-electron chi connectivity index (χ0n) is 9.83. The molecule has 0 saturated carbocycles. The number of hydrogen-bond donors (Lipinski definition) is 1. The first-order chi connectivity index (χ1) is 8.15. The number of carboxylic acids is 1. The molecule has 94 valence electrons. The van der Waals surface area contributed by atoms with E-state index < -0.39 is 12.1 Å². The van der Waals surface area contributed by atoms with Crippen LogP contribution in [0.1, 0.15) is 18.4 Å². The smallest absolute Gasteiger partial charge is 0.332 e. The minimum absolute atomic E-state index is 0.0213. The van der Waals surface area contributed by atoms with Crippen molar-refractivity contribution in [1.29, 1.82) is 0 Å². The summed E-state index contributed by atoms with van der Waals surface area (Å²) in [5.41, 5.74) is 1.11. The van der Waals surface area contributed by atoms with Crippen molar-refractivity contribution >= 4 is 5.97 Å². The topological polar surface area (TPSA) is 62.9 Å². The first-order valence-electron chi connectivity index (χ1n) is 5.73. The second-order valence-electron chi connectivity index (χ2n) is 4.49. The van der Waals surface area contributed by atoms with Gasteiger partial charge in [0.25, 0.3) is 0 Å². The summed E-state index contributed by atoms with van der Waals surface area (Å²) < 4.78 is 10.4. The van der Waals surface area contributed by atoms with Gasteiger partial charge in [0, 0.05) is 18.7 Å². The van der Waals surface area contributed by atoms with Gasteiger partial charge in [-0.1, -0.05) is 0 Å². The number of ether oxygens (including phenoxy) is 1. The van der Waals surface area contributed by atoms with Crippen molar-refractivity contribution in [3.05, 3.63) is 24.2 Å². The first kappa shape index (κ1) is 12.1. The molecule has 2 rings (SSSR count). The lowest BCUT2D eigenvalue weighted by molar-refractivity contribution is -0.149. The van der Waals surface area contributed by atoms with Gasteiger partial charge in [-0.2, -0.15) is 0 Å². The van der Waals surface area contributed by atoms with Crippen molar-refractivity contribution in [3.63, 3.8) is 0 Å². The molecular weight excluding hydrogens is 222 g/mol. The van der Waals surface area contributed by atoms with Gasteiger partial charge in [-0.05, 0) is 26.0 Å². The summed E-state index contributed by atoms with van der Waals surface area (Å²) in [6.07, 6.45) is 4.18. The summed E-state index contributed by atoms with van der Waals surface area (Å²) in [5.74, 6) is -0.856. The molecule has 5 heteroatoms. The second-order valence-corrected chi connectivity index (χ2v) is 4.49. The number of furan rings is 1. The highest BCUT2D eigenvalue weighted by Crippen LogP contribution is 2.20. The summed E-state index contributed by atoms with van der Waals surface area (Å²) >= 11 is 0. The Morgan fingerprint density at radius 3 is 3.00 bits per heavy atom. The van der Waals surface area contributed by atoms with Gasteiger partial charge >= 0.3 is 5.97 Å². The van der Waals surface area contributed by atoms with E-state index >= 15 is 0 Å². The van der Waals surface area contributed by atoms with E-state index in [9.17, 15) is 4.79 Å². The maximum Gasteiger partial charge on any atom is 0.332 e. The summed E-state index contributed by atoms with van der Waals surface area (Å²) in [5, 5.41) is 8.82. The van der Waals surface area contributed by atoms with Crippen LogP contribution in [0.15, 0.2) is 23.0 Å². The van der Waals surface area contributed by atoms with Gasteiger partial charge in [-0.25, -0.2) is 4.79 Å². The number of hydrogen-bond acceptors (Lipinski definition) is 4. The van der Waals surface area contributed by atoms with Crippen LogP contribution in [0.5, 0.6) is 0 Å². The zero-order chi connectivity index (χ0) is 12.3. The fourth-order valence-electron chi connectivity index (χ4n) is 2.13. The molecule has 1 aromatic rings. The number of aliphatic carboxylic acids is 1. The molecule has 0 amide bonds. The average molecular weight is 239 g/mol. The van der Waals surface area contributed by atoms with Crippen LogP contribution in [0.2, 0.25) is 0 Å². The van der Waals surface area contributed by atoms with Gasteiger partial charge < -0.3 is 14.3 Å². The van der Waals surface area contributed by atoms with E-state index in [0.717, 1.165) is 25.1 Å². The quantitative estimate of drug-likeness (QED) is 0.840. The van der Waals surface area contributed by atoms with Gasteiger partial charge in [0.2, 0.25) is 0 Å². The van der Waals surface area contributed by atoms with Crippen molar-refractivity contribution in [2.75, 3.05) is 13.6 Å². The lowest BCUT2D eigenvalue weighted by Gasteiger charge is -2.20.